The van der Waals surface area contributed by atoms with E-state index in [0.29, 0.717) is 17.8 Å². The van der Waals surface area contributed by atoms with Gasteiger partial charge in [-0.3, -0.25) is 0 Å². The van der Waals surface area contributed by atoms with Gasteiger partial charge in [0.15, 0.2) is 0 Å². The monoisotopic (exact) mass is 252 g/mol. The molecule has 5 heteroatoms. The van der Waals surface area contributed by atoms with Gasteiger partial charge in [0.2, 0.25) is 0 Å². The van der Waals surface area contributed by atoms with Crippen LogP contribution < -0.4 is 9.68 Å². The molecule has 1 aromatic heterocycles. The molecule has 17 heavy (non-hydrogen) atoms. The fraction of sp³-hybridized carbons (Fsp3) is 0.333. The third-order valence-electron chi connectivity index (χ3n) is 2.66. The Labute approximate surface area is 102 Å². The van der Waals surface area contributed by atoms with Gasteiger partial charge < -0.3 is 13.9 Å². The van der Waals surface area contributed by atoms with Crippen LogP contribution in [0.4, 0.5) is 0 Å². The van der Waals surface area contributed by atoms with Gasteiger partial charge in [0, 0.05) is 18.1 Å². The van der Waals surface area contributed by atoms with Crippen LogP contribution in [0.2, 0.25) is 0 Å². The normalized spacial score (nSPS) is 12.6. The second-order valence-corrected chi connectivity index (χ2v) is 4.78. The van der Waals surface area contributed by atoms with Crippen LogP contribution in [0.1, 0.15) is 24.8 Å². The van der Waals surface area contributed by atoms with Gasteiger partial charge in [0.1, 0.15) is 17.6 Å². The maximum atomic E-state index is 11.2. The van der Waals surface area contributed by atoms with E-state index in [1.54, 1.807) is 19.2 Å². The molecule has 0 spiro atoms. The first-order valence-corrected chi connectivity index (χ1v) is 6.02. The number of carbonyl (C=O) groups excluding carboxylic acids is 1. The molecule has 0 aliphatic rings. The zero-order chi connectivity index (χ0) is 12.4. The van der Waals surface area contributed by atoms with Gasteiger partial charge in [-0.15, -0.1) is 0 Å². The van der Waals surface area contributed by atoms with Crippen molar-refractivity contribution in [1.29, 1.82) is 0 Å². The number of hydrogen-bond acceptors (Lipinski definition) is 5. The lowest BCUT2D eigenvalue weighted by Crippen LogP contribution is -1.98. The van der Waals surface area contributed by atoms with Crippen LogP contribution in [0.3, 0.4) is 0 Å². The van der Waals surface area contributed by atoms with Crippen molar-refractivity contribution in [2.45, 2.75) is 19.3 Å². The lowest BCUT2D eigenvalue weighted by Gasteiger charge is -2.12. The number of benzene rings is 1. The molecule has 0 bridgehead atoms. The Kier molecular flexibility index (Phi) is 3.28. The second kappa shape index (κ2) is 4.71. The summed E-state index contributed by atoms with van der Waals surface area (Å²) in [4.78, 5) is 21.4. The summed E-state index contributed by atoms with van der Waals surface area (Å²) >= 11 is 1.04. The Bertz CT molecular complexity index is 596. The smallest absolute Gasteiger partial charge is 0.396 e. The fourth-order valence-corrected chi connectivity index (χ4v) is 2.43. The zero-order valence-electron chi connectivity index (χ0n) is 9.56. The van der Waals surface area contributed by atoms with Gasteiger partial charge >= 0.3 is 4.94 Å². The Morgan fingerprint density at radius 2 is 2.29 bits per heavy atom. The molecular formula is C12H12O4S. The molecule has 0 fully saturated rings. The van der Waals surface area contributed by atoms with Gasteiger partial charge in [-0.1, -0.05) is 18.3 Å². The van der Waals surface area contributed by atoms with Crippen LogP contribution in [0, 0.1) is 0 Å². The van der Waals surface area contributed by atoms with Crippen molar-refractivity contribution in [2.75, 3.05) is 7.11 Å². The van der Waals surface area contributed by atoms with Crippen LogP contribution >= 0.6 is 11.3 Å². The highest BCUT2D eigenvalue weighted by Crippen LogP contribution is 2.33. The van der Waals surface area contributed by atoms with Gasteiger partial charge in [0.25, 0.3) is 0 Å². The van der Waals surface area contributed by atoms with Crippen molar-refractivity contribution in [2.24, 2.45) is 0 Å². The van der Waals surface area contributed by atoms with Crippen LogP contribution in [0.15, 0.2) is 21.3 Å². The molecule has 0 radical (unpaired) electrons. The van der Waals surface area contributed by atoms with Crippen molar-refractivity contribution in [1.82, 2.24) is 0 Å². The molecule has 1 atom stereocenters. The van der Waals surface area contributed by atoms with Gasteiger partial charge in [0.05, 0.1) is 11.8 Å². The van der Waals surface area contributed by atoms with Crippen molar-refractivity contribution >= 4 is 27.9 Å². The maximum Gasteiger partial charge on any atom is 0.396 e. The predicted molar refractivity (Wildman–Crippen MR) is 66.0 cm³/mol. The minimum Gasteiger partial charge on any atom is -0.496 e. The molecule has 0 saturated heterocycles. The number of aldehydes is 1. The van der Waals surface area contributed by atoms with E-state index in [-0.39, 0.29) is 10.9 Å². The molecule has 4 nitrogen and oxygen atoms in total. The Balaban J connectivity index is 2.59. The van der Waals surface area contributed by atoms with E-state index in [1.807, 2.05) is 6.92 Å². The Morgan fingerprint density at radius 3 is 2.94 bits per heavy atom. The number of rotatable bonds is 4. The summed E-state index contributed by atoms with van der Waals surface area (Å²) in [6, 6.07) is 3.56. The first-order valence-electron chi connectivity index (χ1n) is 5.21. The minimum absolute atomic E-state index is 0.0389. The minimum atomic E-state index is -0.331. The zero-order valence-corrected chi connectivity index (χ0v) is 10.4. The van der Waals surface area contributed by atoms with Crippen LogP contribution in [-0.4, -0.2) is 13.4 Å². The van der Waals surface area contributed by atoms with Crippen LogP contribution in [0.25, 0.3) is 10.3 Å². The highest BCUT2D eigenvalue weighted by molar-refractivity contribution is 7.16. The van der Waals surface area contributed by atoms with E-state index >= 15 is 0 Å². The molecule has 1 unspecified atom stereocenters. The van der Waals surface area contributed by atoms with E-state index in [4.69, 9.17) is 9.15 Å². The van der Waals surface area contributed by atoms with Gasteiger partial charge in [-0.25, -0.2) is 4.79 Å². The largest absolute Gasteiger partial charge is 0.496 e. The summed E-state index contributed by atoms with van der Waals surface area (Å²) in [7, 11) is 1.57. The van der Waals surface area contributed by atoms with Crippen LogP contribution in [0.5, 0.6) is 5.75 Å². The summed E-state index contributed by atoms with van der Waals surface area (Å²) in [6.45, 7) is 1.93. The molecule has 0 N–H and O–H groups in total. The molecule has 2 aromatic rings. The van der Waals surface area contributed by atoms with Crippen molar-refractivity contribution in [3.8, 4) is 5.75 Å². The van der Waals surface area contributed by atoms with E-state index in [0.717, 1.165) is 27.9 Å². The molecule has 0 aliphatic heterocycles. The summed E-state index contributed by atoms with van der Waals surface area (Å²) < 4.78 is 11.1. The second-order valence-electron chi connectivity index (χ2n) is 3.80. The standard InChI is InChI=1S/C12H12O4S/c1-7(3-4-13)8-5-10-11(6-9(8)15-2)17-12(14)16-10/h4-7H,3H2,1-2H3. The molecular weight excluding hydrogens is 240 g/mol. The maximum absolute atomic E-state index is 11.2. The molecule has 0 aliphatic carbocycles. The van der Waals surface area contributed by atoms with Crippen molar-refractivity contribution < 1.29 is 13.9 Å². The average molecular weight is 252 g/mol. The van der Waals surface area contributed by atoms with E-state index in [1.165, 1.54) is 0 Å². The fourth-order valence-electron chi connectivity index (χ4n) is 1.75. The number of fused-ring (bicyclic) bond motifs is 1. The topological polar surface area (TPSA) is 56.5 Å². The number of hydrogen-bond donors (Lipinski definition) is 0. The molecule has 90 valence electrons. The van der Waals surface area contributed by atoms with Gasteiger partial charge in [-0.05, 0) is 12.0 Å². The van der Waals surface area contributed by atoms with Crippen LogP contribution in [-0.2, 0) is 4.79 Å². The molecule has 1 heterocycles. The summed E-state index contributed by atoms with van der Waals surface area (Å²) in [5, 5.41) is 0. The first kappa shape index (κ1) is 11.9. The summed E-state index contributed by atoms with van der Waals surface area (Å²) in [5.41, 5.74) is 1.43. The van der Waals surface area contributed by atoms with Gasteiger partial charge in [-0.2, -0.15) is 0 Å². The van der Waals surface area contributed by atoms with E-state index < -0.39 is 0 Å². The predicted octanol–water partition coefficient (Wildman–Crippen LogP) is 2.56. The number of carbonyl (C=O) groups is 1. The Morgan fingerprint density at radius 1 is 1.53 bits per heavy atom. The lowest BCUT2D eigenvalue weighted by molar-refractivity contribution is -0.108. The summed E-state index contributed by atoms with van der Waals surface area (Å²) in [6.07, 6.45) is 1.29. The molecule has 0 saturated carbocycles. The average Bonchev–Trinajstić information content (AvgIpc) is 2.66. The third-order valence-corrected chi connectivity index (χ3v) is 3.45. The highest BCUT2D eigenvalue weighted by Gasteiger charge is 2.15. The van der Waals surface area contributed by atoms with Crippen molar-refractivity contribution in [3.05, 3.63) is 27.4 Å². The third kappa shape index (κ3) is 2.24. The molecule has 1 aromatic carbocycles. The van der Waals surface area contributed by atoms with Crippen molar-refractivity contribution in [3.63, 3.8) is 0 Å². The highest BCUT2D eigenvalue weighted by atomic mass is 32.1. The number of ether oxygens (including phenoxy) is 1. The van der Waals surface area contributed by atoms with E-state index in [9.17, 15) is 9.59 Å². The quantitative estimate of drug-likeness (QED) is 0.785. The SMILES string of the molecule is COc1cc2sc(=O)oc2cc1C(C)CC=O. The van der Waals surface area contributed by atoms with E-state index in [2.05, 4.69) is 0 Å². The molecule has 0 amide bonds. The summed E-state index contributed by atoms with van der Waals surface area (Å²) in [5.74, 6) is 0.723. The first-order chi connectivity index (χ1) is 8.15. The Hall–Kier alpha value is -1.62. The number of methoxy groups -OCH3 is 1. The molecule has 2 rings (SSSR count). The lowest BCUT2D eigenvalue weighted by atomic mass is 9.97.